The van der Waals surface area contributed by atoms with Crippen molar-refractivity contribution in [3.8, 4) is 0 Å². The molecule has 1 atom stereocenters. The summed E-state index contributed by atoms with van der Waals surface area (Å²) in [5, 5.41) is 12.5. The van der Waals surface area contributed by atoms with E-state index in [-0.39, 0.29) is 17.0 Å². The second-order valence-corrected chi connectivity index (χ2v) is 5.73. The van der Waals surface area contributed by atoms with E-state index in [9.17, 15) is 19.7 Å². The van der Waals surface area contributed by atoms with Crippen molar-refractivity contribution in [1.82, 2.24) is 0 Å². The lowest BCUT2D eigenvalue weighted by Gasteiger charge is -2.26. The molecule has 1 aliphatic rings. The number of hydroxylamine groups is 1. The van der Waals surface area contributed by atoms with Gasteiger partial charge in [0.15, 0.2) is 0 Å². The Bertz CT molecular complexity index is 956. The minimum absolute atomic E-state index is 0.112. The third-order valence-corrected chi connectivity index (χ3v) is 4.13. The van der Waals surface area contributed by atoms with Crippen molar-refractivity contribution in [2.24, 2.45) is 0 Å². The van der Waals surface area contributed by atoms with Gasteiger partial charge in [-0.3, -0.25) is 10.1 Å². The Morgan fingerprint density at radius 2 is 1.71 bits per heavy atom. The fraction of sp³-hybridized carbons (Fsp3) is 0.158. The quantitative estimate of drug-likeness (QED) is 0.440. The molecule has 0 amide bonds. The van der Waals surface area contributed by atoms with Crippen molar-refractivity contribution in [3.05, 3.63) is 81.6 Å². The van der Waals surface area contributed by atoms with Crippen molar-refractivity contribution in [3.63, 3.8) is 0 Å². The van der Waals surface area contributed by atoms with Gasteiger partial charge in [0.05, 0.1) is 24.8 Å². The Morgan fingerprint density at radius 3 is 2.32 bits per heavy atom. The molecule has 1 heterocycles. The van der Waals surface area contributed by atoms with E-state index in [2.05, 4.69) is 0 Å². The van der Waals surface area contributed by atoms with Crippen molar-refractivity contribution < 1.29 is 28.8 Å². The van der Waals surface area contributed by atoms with Crippen LogP contribution in [0, 0.1) is 10.1 Å². The van der Waals surface area contributed by atoms with Crippen LogP contribution >= 0.6 is 0 Å². The summed E-state index contributed by atoms with van der Waals surface area (Å²) in [6.07, 6.45) is 0. The molecule has 0 saturated heterocycles. The molecule has 1 aliphatic heterocycles. The van der Waals surface area contributed by atoms with Gasteiger partial charge in [-0.05, 0) is 17.7 Å². The van der Waals surface area contributed by atoms with Crippen LogP contribution in [0.15, 0.2) is 65.9 Å². The molecule has 0 bridgehead atoms. The number of hydrogen-bond donors (Lipinski definition) is 0. The molecule has 0 spiro atoms. The van der Waals surface area contributed by atoms with Crippen LogP contribution in [0.1, 0.15) is 11.6 Å². The maximum Gasteiger partial charge on any atom is 0.377 e. The number of carbonyl (C=O) groups is 2. The molecule has 9 heteroatoms. The number of para-hydroxylation sites is 1. The zero-order valence-electron chi connectivity index (χ0n) is 15.0. The van der Waals surface area contributed by atoms with Gasteiger partial charge < -0.3 is 14.3 Å². The van der Waals surface area contributed by atoms with Gasteiger partial charge in [-0.15, -0.1) is 0 Å². The Hall–Kier alpha value is -3.88. The summed E-state index contributed by atoms with van der Waals surface area (Å²) < 4.78 is 9.55. The molecule has 0 fully saturated rings. The smallest absolute Gasteiger partial charge is 0.377 e. The number of rotatable bonds is 5. The molecule has 0 radical (unpaired) electrons. The van der Waals surface area contributed by atoms with Crippen LogP contribution in [0.4, 0.5) is 11.4 Å². The van der Waals surface area contributed by atoms with Crippen LogP contribution in [-0.4, -0.2) is 31.1 Å². The first kappa shape index (κ1) is 18.9. The molecule has 2 aromatic carbocycles. The number of hydrogen-bond acceptors (Lipinski definition) is 8. The van der Waals surface area contributed by atoms with E-state index in [0.717, 1.165) is 7.11 Å². The normalized spacial score (nSPS) is 15.8. The molecule has 0 unspecified atom stereocenters. The van der Waals surface area contributed by atoms with Crippen LogP contribution in [0.2, 0.25) is 0 Å². The number of methoxy groups -OCH3 is 2. The van der Waals surface area contributed by atoms with E-state index in [1.165, 1.54) is 30.4 Å². The molecule has 0 aromatic heterocycles. The molecule has 0 N–H and O–H groups in total. The van der Waals surface area contributed by atoms with Gasteiger partial charge in [0.1, 0.15) is 11.6 Å². The second-order valence-electron chi connectivity index (χ2n) is 5.73. The summed E-state index contributed by atoms with van der Waals surface area (Å²) in [5.41, 5.74) is 0.622. The molecule has 0 saturated carbocycles. The van der Waals surface area contributed by atoms with E-state index in [0.29, 0.717) is 11.3 Å². The summed E-state index contributed by atoms with van der Waals surface area (Å²) in [7, 11) is 2.32. The van der Waals surface area contributed by atoms with E-state index in [4.69, 9.17) is 14.3 Å². The number of nitrogens with zero attached hydrogens (tertiary/aromatic N) is 2. The summed E-state index contributed by atoms with van der Waals surface area (Å²) in [6, 6.07) is 13.5. The number of non-ortho nitro benzene ring substituents is 1. The zero-order chi connectivity index (χ0) is 20.3. The van der Waals surface area contributed by atoms with Gasteiger partial charge in [-0.2, -0.15) is 5.06 Å². The average molecular weight is 384 g/mol. The number of anilines is 1. The van der Waals surface area contributed by atoms with Gasteiger partial charge in [0, 0.05) is 12.1 Å². The van der Waals surface area contributed by atoms with Crippen LogP contribution in [0.3, 0.4) is 0 Å². The average Bonchev–Trinajstić information content (AvgIpc) is 3.14. The second kappa shape index (κ2) is 7.78. The Morgan fingerprint density at radius 1 is 1.04 bits per heavy atom. The molecule has 2 aromatic rings. The van der Waals surface area contributed by atoms with E-state index in [1.54, 1.807) is 36.4 Å². The van der Waals surface area contributed by atoms with Gasteiger partial charge in [-0.25, -0.2) is 9.59 Å². The molecule has 0 aliphatic carbocycles. The highest BCUT2D eigenvalue weighted by molar-refractivity contribution is 6.01. The predicted octanol–water partition coefficient (Wildman–Crippen LogP) is 2.69. The molecule has 144 valence electrons. The maximum atomic E-state index is 12.5. The van der Waals surface area contributed by atoms with Gasteiger partial charge in [0.25, 0.3) is 11.4 Å². The topological polar surface area (TPSA) is 108 Å². The number of esters is 2. The SMILES string of the molecule is COC(=O)C1=C(C(=O)OC)[C@H](c2cccc([N+](=O)[O-])c2)N(c2ccccc2)O1. The van der Waals surface area contributed by atoms with Crippen LogP contribution in [-0.2, 0) is 23.9 Å². The Kier molecular flexibility index (Phi) is 5.25. The highest BCUT2D eigenvalue weighted by Crippen LogP contribution is 2.42. The summed E-state index contributed by atoms with van der Waals surface area (Å²) in [5.74, 6) is -2.01. The third kappa shape index (κ3) is 3.37. The number of ether oxygens (including phenoxy) is 2. The highest BCUT2D eigenvalue weighted by Gasteiger charge is 2.44. The first-order chi connectivity index (χ1) is 13.5. The van der Waals surface area contributed by atoms with Gasteiger partial charge >= 0.3 is 11.9 Å². The lowest BCUT2D eigenvalue weighted by Crippen LogP contribution is -2.26. The summed E-state index contributed by atoms with van der Waals surface area (Å²) in [4.78, 5) is 41.0. The minimum Gasteiger partial charge on any atom is -0.465 e. The number of carbonyl (C=O) groups excluding carboxylic acids is 2. The van der Waals surface area contributed by atoms with Crippen molar-refractivity contribution in [1.29, 1.82) is 0 Å². The summed E-state index contributed by atoms with van der Waals surface area (Å²) >= 11 is 0. The van der Waals surface area contributed by atoms with Crippen LogP contribution in [0.25, 0.3) is 0 Å². The van der Waals surface area contributed by atoms with Crippen molar-refractivity contribution >= 4 is 23.3 Å². The Balaban J connectivity index is 2.21. The maximum absolute atomic E-state index is 12.5. The van der Waals surface area contributed by atoms with E-state index < -0.39 is 22.9 Å². The minimum atomic E-state index is -0.955. The number of benzene rings is 2. The molecule has 3 rings (SSSR count). The fourth-order valence-electron chi connectivity index (χ4n) is 2.88. The first-order valence-electron chi connectivity index (χ1n) is 8.15. The number of nitro benzene ring substituents is 1. The standard InChI is InChI=1S/C19H16N2O7/c1-26-18(22)15-16(12-7-6-10-14(11-12)21(24)25)20(13-8-4-3-5-9-13)28-17(15)19(23)27-2/h3-11,16H,1-2H3/t16-/m0/s1. The lowest BCUT2D eigenvalue weighted by molar-refractivity contribution is -0.384. The van der Waals surface area contributed by atoms with E-state index in [1.807, 2.05) is 0 Å². The zero-order valence-corrected chi connectivity index (χ0v) is 15.0. The van der Waals surface area contributed by atoms with E-state index >= 15 is 0 Å². The molecule has 9 nitrogen and oxygen atoms in total. The third-order valence-electron chi connectivity index (χ3n) is 4.13. The monoisotopic (exact) mass is 384 g/mol. The Labute approximate surface area is 159 Å². The molecular formula is C19H16N2O7. The van der Waals surface area contributed by atoms with Crippen LogP contribution < -0.4 is 5.06 Å². The predicted molar refractivity (Wildman–Crippen MR) is 96.9 cm³/mol. The van der Waals surface area contributed by atoms with Gasteiger partial charge in [-0.1, -0.05) is 30.3 Å². The van der Waals surface area contributed by atoms with Crippen molar-refractivity contribution in [2.75, 3.05) is 19.3 Å². The van der Waals surface area contributed by atoms with Crippen molar-refractivity contribution in [2.45, 2.75) is 6.04 Å². The summed E-state index contributed by atoms with van der Waals surface area (Å²) in [6.45, 7) is 0. The lowest BCUT2D eigenvalue weighted by atomic mass is 9.97. The first-order valence-corrected chi connectivity index (χ1v) is 8.15. The van der Waals surface area contributed by atoms with Crippen LogP contribution in [0.5, 0.6) is 0 Å². The highest BCUT2D eigenvalue weighted by atomic mass is 16.7. The molecular weight excluding hydrogens is 368 g/mol. The van der Waals surface area contributed by atoms with Gasteiger partial charge in [0.2, 0.25) is 0 Å². The fourth-order valence-corrected chi connectivity index (χ4v) is 2.88. The molecule has 28 heavy (non-hydrogen) atoms. The number of nitro groups is 1. The largest absolute Gasteiger partial charge is 0.465 e.